The number of rotatable bonds is 5. The summed E-state index contributed by atoms with van der Waals surface area (Å²) in [6.07, 6.45) is 2.82. The molecular formula is C14H24N2O5. The number of methoxy groups -OCH3 is 1. The lowest BCUT2D eigenvalue weighted by Gasteiger charge is -2.29. The van der Waals surface area contributed by atoms with Crippen LogP contribution in [0.5, 0.6) is 0 Å². The third-order valence-corrected chi connectivity index (χ3v) is 4.82. The van der Waals surface area contributed by atoms with Gasteiger partial charge in [0.15, 0.2) is 0 Å². The van der Waals surface area contributed by atoms with Crippen molar-refractivity contribution >= 4 is 12.0 Å². The van der Waals surface area contributed by atoms with E-state index in [1.807, 2.05) is 0 Å². The molecule has 2 aliphatic rings. The molecule has 0 aromatic rings. The van der Waals surface area contributed by atoms with E-state index in [1.54, 1.807) is 14.0 Å². The highest BCUT2D eigenvalue weighted by atomic mass is 16.5. The molecule has 3 N–H and O–H groups in total. The van der Waals surface area contributed by atoms with Crippen molar-refractivity contribution in [1.29, 1.82) is 0 Å². The first-order valence-electron chi connectivity index (χ1n) is 7.32. The Morgan fingerprint density at radius 3 is 2.76 bits per heavy atom. The number of carbonyl (C=O) groups excluding carboxylic acids is 1. The maximum atomic E-state index is 12.0. The quantitative estimate of drug-likeness (QED) is 0.695. The Morgan fingerprint density at radius 2 is 2.19 bits per heavy atom. The molecule has 1 aliphatic heterocycles. The number of hydrogen-bond donors (Lipinski definition) is 3. The normalized spacial score (nSPS) is 35.6. The number of carboxylic acid groups (broad SMARTS) is 1. The second kappa shape index (κ2) is 6.19. The van der Waals surface area contributed by atoms with Crippen LogP contribution in [-0.4, -0.2) is 55.6 Å². The zero-order chi connectivity index (χ0) is 15.5. The summed E-state index contributed by atoms with van der Waals surface area (Å²) in [7, 11) is 1.60. The van der Waals surface area contributed by atoms with Crippen LogP contribution in [0.15, 0.2) is 0 Å². The third kappa shape index (κ3) is 3.29. The highest BCUT2D eigenvalue weighted by molar-refractivity contribution is 5.79. The second-order valence-electron chi connectivity index (χ2n) is 6.18. The number of aliphatic carboxylic acids is 1. The highest BCUT2D eigenvalue weighted by Gasteiger charge is 2.46. The molecule has 1 saturated carbocycles. The maximum absolute atomic E-state index is 12.0. The molecule has 0 bridgehead atoms. The Labute approximate surface area is 124 Å². The predicted molar refractivity (Wildman–Crippen MR) is 75.1 cm³/mol. The second-order valence-corrected chi connectivity index (χ2v) is 6.18. The van der Waals surface area contributed by atoms with Crippen molar-refractivity contribution < 1.29 is 24.2 Å². The Morgan fingerprint density at radius 1 is 1.43 bits per heavy atom. The average molecular weight is 300 g/mol. The van der Waals surface area contributed by atoms with Crippen LogP contribution in [0.1, 0.15) is 32.6 Å². The number of ether oxygens (including phenoxy) is 2. The third-order valence-electron chi connectivity index (χ3n) is 4.82. The molecule has 2 rings (SSSR count). The molecule has 120 valence electrons. The Balaban J connectivity index is 1.86. The first kappa shape index (κ1) is 16.0. The molecule has 7 nitrogen and oxygen atoms in total. The van der Waals surface area contributed by atoms with Crippen molar-refractivity contribution in [1.82, 2.24) is 10.6 Å². The number of urea groups is 1. The molecule has 2 fully saturated rings. The van der Waals surface area contributed by atoms with Crippen molar-refractivity contribution in [3.8, 4) is 0 Å². The molecule has 0 aromatic heterocycles. The molecule has 3 unspecified atom stereocenters. The molecule has 2 amide bonds. The van der Waals surface area contributed by atoms with Crippen LogP contribution in [0, 0.1) is 5.41 Å². The van der Waals surface area contributed by atoms with Crippen molar-refractivity contribution in [2.24, 2.45) is 5.41 Å². The molecule has 1 saturated heterocycles. The summed E-state index contributed by atoms with van der Waals surface area (Å²) >= 11 is 0. The maximum Gasteiger partial charge on any atom is 0.315 e. The van der Waals surface area contributed by atoms with Gasteiger partial charge in [-0.2, -0.15) is 0 Å². The van der Waals surface area contributed by atoms with E-state index in [0.29, 0.717) is 32.6 Å². The summed E-state index contributed by atoms with van der Waals surface area (Å²) in [5.74, 6) is -0.858. The lowest BCUT2D eigenvalue weighted by molar-refractivity contribution is -0.148. The molecule has 7 heteroatoms. The molecular weight excluding hydrogens is 276 g/mol. The van der Waals surface area contributed by atoms with E-state index >= 15 is 0 Å². The molecule has 1 heterocycles. The number of carboxylic acids is 1. The fourth-order valence-electron chi connectivity index (χ4n) is 3.07. The van der Waals surface area contributed by atoms with Gasteiger partial charge in [0.1, 0.15) is 5.60 Å². The summed E-state index contributed by atoms with van der Waals surface area (Å²) in [6.45, 7) is 3.12. The van der Waals surface area contributed by atoms with Gasteiger partial charge in [-0.25, -0.2) is 4.79 Å². The zero-order valence-corrected chi connectivity index (χ0v) is 12.6. The average Bonchev–Trinajstić information content (AvgIpc) is 3.06. The standard InChI is InChI=1S/C14H24N2O5/c1-13(11(17)18)5-3-4-10(13)16-12(19)15-8-14(20-2)6-7-21-9-14/h10H,3-9H2,1-2H3,(H,17,18)(H2,15,16,19). The zero-order valence-electron chi connectivity index (χ0n) is 12.6. The lowest BCUT2D eigenvalue weighted by atomic mass is 9.85. The lowest BCUT2D eigenvalue weighted by Crippen LogP contribution is -2.53. The number of hydrogen-bond acceptors (Lipinski definition) is 4. The fourth-order valence-corrected chi connectivity index (χ4v) is 3.07. The van der Waals surface area contributed by atoms with E-state index in [1.165, 1.54) is 0 Å². The van der Waals surface area contributed by atoms with Gasteiger partial charge in [-0.1, -0.05) is 6.42 Å². The van der Waals surface area contributed by atoms with E-state index < -0.39 is 17.0 Å². The smallest absolute Gasteiger partial charge is 0.315 e. The molecule has 0 aromatic carbocycles. The Kier molecular flexibility index (Phi) is 4.73. The first-order chi connectivity index (χ1) is 9.92. The van der Waals surface area contributed by atoms with Gasteiger partial charge in [0.05, 0.1) is 18.6 Å². The number of amides is 2. The van der Waals surface area contributed by atoms with Gasteiger partial charge < -0.3 is 25.2 Å². The van der Waals surface area contributed by atoms with Gasteiger partial charge in [0, 0.05) is 26.2 Å². The molecule has 3 atom stereocenters. The van der Waals surface area contributed by atoms with Crippen molar-refractivity contribution in [3.05, 3.63) is 0 Å². The van der Waals surface area contributed by atoms with E-state index in [4.69, 9.17) is 9.47 Å². The molecule has 1 aliphatic carbocycles. The van der Waals surface area contributed by atoms with E-state index in [2.05, 4.69) is 10.6 Å². The minimum absolute atomic E-state index is 0.340. The number of carbonyl (C=O) groups is 2. The topological polar surface area (TPSA) is 96.9 Å². The molecule has 0 spiro atoms. The van der Waals surface area contributed by atoms with Gasteiger partial charge >= 0.3 is 12.0 Å². The van der Waals surface area contributed by atoms with Crippen molar-refractivity contribution in [2.45, 2.75) is 44.2 Å². The van der Waals surface area contributed by atoms with E-state index in [-0.39, 0.29) is 12.1 Å². The molecule has 0 radical (unpaired) electrons. The summed E-state index contributed by atoms with van der Waals surface area (Å²) in [5, 5.41) is 14.9. The van der Waals surface area contributed by atoms with Crippen molar-refractivity contribution in [2.75, 3.05) is 26.9 Å². The largest absolute Gasteiger partial charge is 0.481 e. The summed E-state index contributed by atoms with van der Waals surface area (Å²) in [5.41, 5.74) is -1.35. The SMILES string of the molecule is COC1(CNC(=O)NC2CCCC2(C)C(=O)O)CCOC1. The predicted octanol–water partition coefficient (Wildman–Crippen LogP) is 0.735. The van der Waals surface area contributed by atoms with Crippen LogP contribution in [0.2, 0.25) is 0 Å². The molecule has 21 heavy (non-hydrogen) atoms. The van der Waals surface area contributed by atoms with Crippen LogP contribution < -0.4 is 10.6 Å². The van der Waals surface area contributed by atoms with Gasteiger partial charge in [0.25, 0.3) is 0 Å². The van der Waals surface area contributed by atoms with Gasteiger partial charge in [-0.05, 0) is 19.8 Å². The van der Waals surface area contributed by atoms with Gasteiger partial charge in [0.2, 0.25) is 0 Å². The van der Waals surface area contributed by atoms with Crippen LogP contribution >= 0.6 is 0 Å². The fraction of sp³-hybridized carbons (Fsp3) is 0.857. The Hall–Kier alpha value is -1.34. The van der Waals surface area contributed by atoms with E-state index in [9.17, 15) is 14.7 Å². The number of nitrogens with one attached hydrogen (secondary N) is 2. The van der Waals surface area contributed by atoms with Crippen LogP contribution in [0.25, 0.3) is 0 Å². The first-order valence-corrected chi connectivity index (χ1v) is 7.32. The monoisotopic (exact) mass is 300 g/mol. The Bertz CT molecular complexity index is 408. The van der Waals surface area contributed by atoms with Crippen LogP contribution in [-0.2, 0) is 14.3 Å². The summed E-state index contributed by atoms with van der Waals surface area (Å²) < 4.78 is 10.7. The van der Waals surface area contributed by atoms with Gasteiger partial charge in [-0.3, -0.25) is 4.79 Å². The van der Waals surface area contributed by atoms with Crippen LogP contribution in [0.4, 0.5) is 4.79 Å². The van der Waals surface area contributed by atoms with E-state index in [0.717, 1.165) is 12.8 Å². The minimum atomic E-state index is -0.882. The highest BCUT2D eigenvalue weighted by Crippen LogP contribution is 2.38. The minimum Gasteiger partial charge on any atom is -0.481 e. The van der Waals surface area contributed by atoms with Crippen molar-refractivity contribution in [3.63, 3.8) is 0 Å². The van der Waals surface area contributed by atoms with Gasteiger partial charge in [-0.15, -0.1) is 0 Å². The van der Waals surface area contributed by atoms with Crippen LogP contribution in [0.3, 0.4) is 0 Å². The summed E-state index contributed by atoms with van der Waals surface area (Å²) in [6, 6.07) is -0.689. The summed E-state index contributed by atoms with van der Waals surface area (Å²) in [4.78, 5) is 23.4.